The monoisotopic (exact) mass is 480 g/mol. The quantitative estimate of drug-likeness (QED) is 0.597. The highest BCUT2D eigenvalue weighted by atomic mass is 35.5. The van der Waals surface area contributed by atoms with E-state index in [-0.39, 0.29) is 43.1 Å². The zero-order chi connectivity index (χ0) is 18.9. The fourth-order valence-electron chi connectivity index (χ4n) is 4.18. The lowest BCUT2D eigenvalue weighted by Crippen LogP contribution is -2.45. The number of carbonyl (C=O) groups is 1. The highest BCUT2D eigenvalue weighted by Crippen LogP contribution is 2.18. The second kappa shape index (κ2) is 16.1. The number of nitrogens with zero attached hydrogens (tertiary/aromatic N) is 2. The first kappa shape index (κ1) is 29.4. The predicted molar refractivity (Wildman–Crippen MR) is 132 cm³/mol. The minimum atomic E-state index is 0. The molecular weight excluding hydrogens is 443 g/mol. The molecule has 1 aromatic carbocycles. The predicted octanol–water partition coefficient (Wildman–Crippen LogP) is 3.49. The molecule has 1 amide bonds. The average Bonchev–Trinajstić information content (AvgIpc) is 2.73. The lowest BCUT2D eigenvalue weighted by atomic mass is 9.93. The van der Waals surface area contributed by atoms with Crippen molar-refractivity contribution in [1.82, 2.24) is 20.4 Å². The second-order valence-electron chi connectivity index (χ2n) is 7.99. The van der Waals surface area contributed by atoms with Crippen molar-refractivity contribution in [2.75, 3.05) is 45.8 Å². The maximum atomic E-state index is 12.3. The maximum Gasteiger partial charge on any atom is 0.220 e. The largest absolute Gasteiger partial charge is 0.352 e. The number of hydrogen-bond acceptors (Lipinski definition) is 4. The Labute approximate surface area is 200 Å². The number of benzene rings is 1. The van der Waals surface area contributed by atoms with E-state index >= 15 is 0 Å². The van der Waals surface area contributed by atoms with Gasteiger partial charge < -0.3 is 15.5 Å². The molecule has 8 heteroatoms. The minimum Gasteiger partial charge on any atom is -0.352 e. The van der Waals surface area contributed by atoms with Crippen LogP contribution in [-0.4, -0.2) is 61.5 Å². The molecule has 2 N–H and O–H groups in total. The van der Waals surface area contributed by atoms with Gasteiger partial charge in [0.25, 0.3) is 0 Å². The summed E-state index contributed by atoms with van der Waals surface area (Å²) < 4.78 is 0. The molecule has 3 rings (SSSR count). The van der Waals surface area contributed by atoms with Crippen molar-refractivity contribution in [3.63, 3.8) is 0 Å². The molecule has 0 radical (unpaired) electrons. The van der Waals surface area contributed by atoms with Gasteiger partial charge in [-0.25, -0.2) is 0 Å². The third-order valence-corrected chi connectivity index (χ3v) is 6.14. The number of likely N-dealkylation sites (N-methyl/N-ethyl adjacent to an activating group) is 1. The van der Waals surface area contributed by atoms with E-state index in [4.69, 9.17) is 0 Å². The molecule has 2 heterocycles. The average molecular weight is 482 g/mol. The third kappa shape index (κ3) is 9.71. The zero-order valence-corrected chi connectivity index (χ0v) is 20.6. The molecule has 2 aliphatic heterocycles. The van der Waals surface area contributed by atoms with Gasteiger partial charge in [-0.2, -0.15) is 0 Å². The van der Waals surface area contributed by atoms with Crippen LogP contribution in [0, 0.1) is 5.92 Å². The maximum absolute atomic E-state index is 12.3. The molecule has 2 saturated heterocycles. The fourth-order valence-corrected chi connectivity index (χ4v) is 4.18. The van der Waals surface area contributed by atoms with Crippen LogP contribution < -0.4 is 10.6 Å². The second-order valence-corrected chi connectivity index (χ2v) is 7.99. The lowest BCUT2D eigenvalue weighted by Gasteiger charge is -2.34. The summed E-state index contributed by atoms with van der Waals surface area (Å²) in [5.41, 5.74) is 2.60. The SMILES string of the molecule is CCN1CCN(Cc2ccccc2CNC(=O)CCC2CCNCC2)CC1.Cl.Cl.Cl. The van der Waals surface area contributed by atoms with Crippen molar-refractivity contribution < 1.29 is 4.79 Å². The molecule has 174 valence electrons. The molecule has 1 aromatic rings. The molecule has 0 aliphatic carbocycles. The molecule has 30 heavy (non-hydrogen) atoms. The zero-order valence-electron chi connectivity index (χ0n) is 18.1. The Morgan fingerprint density at radius 3 is 2.23 bits per heavy atom. The highest BCUT2D eigenvalue weighted by Gasteiger charge is 2.17. The van der Waals surface area contributed by atoms with Crippen molar-refractivity contribution in [2.24, 2.45) is 5.92 Å². The summed E-state index contributed by atoms with van der Waals surface area (Å²) in [7, 11) is 0. The molecule has 5 nitrogen and oxygen atoms in total. The summed E-state index contributed by atoms with van der Waals surface area (Å²) in [6, 6.07) is 8.56. The first-order chi connectivity index (χ1) is 13.2. The molecule has 2 fully saturated rings. The van der Waals surface area contributed by atoms with Gasteiger partial charge in [0, 0.05) is 45.7 Å². The van der Waals surface area contributed by atoms with Crippen LogP contribution in [0.3, 0.4) is 0 Å². The number of hydrogen-bond donors (Lipinski definition) is 2. The molecule has 2 aliphatic rings. The van der Waals surface area contributed by atoms with Crippen molar-refractivity contribution in [2.45, 2.75) is 45.7 Å². The number of amides is 1. The van der Waals surface area contributed by atoms with E-state index in [0.29, 0.717) is 18.9 Å². The van der Waals surface area contributed by atoms with E-state index in [1.807, 2.05) is 0 Å². The summed E-state index contributed by atoms with van der Waals surface area (Å²) in [5.74, 6) is 0.908. The van der Waals surface area contributed by atoms with Crippen LogP contribution >= 0.6 is 37.2 Å². The van der Waals surface area contributed by atoms with Gasteiger partial charge in [0.15, 0.2) is 0 Å². The van der Waals surface area contributed by atoms with Crippen LogP contribution in [0.4, 0.5) is 0 Å². The normalized spacial score (nSPS) is 17.9. The molecule has 0 spiro atoms. The molecular formula is C22H39Cl3N4O. The number of piperidine rings is 1. The van der Waals surface area contributed by atoms with E-state index < -0.39 is 0 Å². The molecule has 0 atom stereocenters. The van der Waals surface area contributed by atoms with E-state index in [0.717, 1.165) is 58.8 Å². The van der Waals surface area contributed by atoms with Crippen molar-refractivity contribution in [3.05, 3.63) is 35.4 Å². The summed E-state index contributed by atoms with van der Waals surface area (Å²) in [6.07, 6.45) is 4.10. The Morgan fingerprint density at radius 1 is 1.00 bits per heavy atom. The topological polar surface area (TPSA) is 47.6 Å². The molecule has 0 aromatic heterocycles. The van der Waals surface area contributed by atoms with E-state index in [1.165, 1.54) is 24.0 Å². The Hall–Kier alpha value is -0.560. The van der Waals surface area contributed by atoms with Gasteiger partial charge in [-0.05, 0) is 55.9 Å². The Bertz CT molecular complexity index is 592. The fraction of sp³-hybridized carbons (Fsp3) is 0.682. The van der Waals surface area contributed by atoms with Gasteiger partial charge in [-0.1, -0.05) is 31.2 Å². The van der Waals surface area contributed by atoms with E-state index in [1.54, 1.807) is 0 Å². The summed E-state index contributed by atoms with van der Waals surface area (Å²) in [6.45, 7) is 11.8. The van der Waals surface area contributed by atoms with Crippen LogP contribution in [0.25, 0.3) is 0 Å². The van der Waals surface area contributed by atoms with Crippen LogP contribution in [0.15, 0.2) is 24.3 Å². The molecule has 0 bridgehead atoms. The lowest BCUT2D eigenvalue weighted by molar-refractivity contribution is -0.121. The summed E-state index contributed by atoms with van der Waals surface area (Å²) in [4.78, 5) is 17.3. The van der Waals surface area contributed by atoms with Gasteiger partial charge in [0.1, 0.15) is 0 Å². The third-order valence-electron chi connectivity index (χ3n) is 6.14. The van der Waals surface area contributed by atoms with Gasteiger partial charge in [0.2, 0.25) is 5.91 Å². The van der Waals surface area contributed by atoms with Gasteiger partial charge >= 0.3 is 0 Å². The minimum absolute atomic E-state index is 0. The van der Waals surface area contributed by atoms with E-state index in [9.17, 15) is 4.79 Å². The van der Waals surface area contributed by atoms with Crippen molar-refractivity contribution >= 4 is 43.1 Å². The van der Waals surface area contributed by atoms with Gasteiger partial charge in [0.05, 0.1) is 0 Å². The Morgan fingerprint density at radius 2 is 1.60 bits per heavy atom. The number of rotatable bonds is 8. The number of halogens is 3. The first-order valence-corrected chi connectivity index (χ1v) is 10.7. The molecule has 0 unspecified atom stereocenters. The highest BCUT2D eigenvalue weighted by molar-refractivity contribution is 5.86. The molecule has 0 saturated carbocycles. The standard InChI is InChI=1S/C22H36N4O.3ClH/c1-2-25-13-15-26(16-14-25)18-21-6-4-3-5-20(21)17-24-22(27)8-7-19-9-11-23-12-10-19;;;/h3-6,19,23H,2,7-18H2,1H3,(H,24,27);3*1H. The van der Waals surface area contributed by atoms with Gasteiger partial charge in [-0.15, -0.1) is 37.2 Å². The summed E-state index contributed by atoms with van der Waals surface area (Å²) in [5, 5.41) is 6.54. The number of piperazine rings is 1. The Balaban J connectivity index is 0.00000280. The first-order valence-electron chi connectivity index (χ1n) is 10.7. The van der Waals surface area contributed by atoms with Crippen LogP contribution in [0.1, 0.15) is 43.7 Å². The Kier molecular flexibility index (Phi) is 15.8. The van der Waals surface area contributed by atoms with Crippen molar-refractivity contribution in [1.29, 1.82) is 0 Å². The van der Waals surface area contributed by atoms with Crippen LogP contribution in [0.5, 0.6) is 0 Å². The van der Waals surface area contributed by atoms with E-state index in [2.05, 4.69) is 51.6 Å². The van der Waals surface area contributed by atoms with Crippen LogP contribution in [0.2, 0.25) is 0 Å². The summed E-state index contributed by atoms with van der Waals surface area (Å²) >= 11 is 0. The number of nitrogens with one attached hydrogen (secondary N) is 2. The smallest absolute Gasteiger partial charge is 0.220 e. The van der Waals surface area contributed by atoms with Gasteiger partial charge in [-0.3, -0.25) is 9.69 Å². The van der Waals surface area contributed by atoms with Crippen LogP contribution in [-0.2, 0) is 17.9 Å². The number of carbonyl (C=O) groups excluding carboxylic acids is 1. The van der Waals surface area contributed by atoms with Crippen molar-refractivity contribution in [3.8, 4) is 0 Å².